The first-order valence-corrected chi connectivity index (χ1v) is 10.0. The van der Waals surface area contributed by atoms with Gasteiger partial charge < -0.3 is 29.4 Å². The van der Waals surface area contributed by atoms with Crippen molar-refractivity contribution in [3.63, 3.8) is 0 Å². The molecular formula is C20H28N3O6+. The van der Waals surface area contributed by atoms with Crippen LogP contribution >= 0.6 is 0 Å². The van der Waals surface area contributed by atoms with Crippen molar-refractivity contribution in [1.29, 1.82) is 0 Å². The fourth-order valence-corrected chi connectivity index (χ4v) is 3.90. The minimum Gasteiger partial charge on any atom is -0.467 e. The lowest BCUT2D eigenvalue weighted by molar-refractivity contribution is -0.903. The molecular weight excluding hydrogens is 378 g/mol. The molecule has 29 heavy (non-hydrogen) atoms. The molecule has 2 aliphatic rings. The fourth-order valence-electron chi connectivity index (χ4n) is 3.90. The summed E-state index contributed by atoms with van der Waals surface area (Å²) in [7, 11) is 0. The van der Waals surface area contributed by atoms with Crippen molar-refractivity contribution >= 4 is 18.0 Å². The standard InChI is InChI=1S/C20H27N3O6/c1-3-27-18(24)13-7-5-9-23(11-13)12-14-16(19(25)28-4-2)17(22-20(26)21-14)15-8-6-10-29-15/h6,8,10,13,17H,3-5,7,9,11-12H2,1-2H3,(H2,21,22,26)/p+1/t13-,17-/m0/s1. The predicted octanol–water partition coefficient (Wildman–Crippen LogP) is 0.309. The predicted molar refractivity (Wildman–Crippen MR) is 102 cm³/mol. The lowest BCUT2D eigenvalue weighted by Crippen LogP contribution is -3.14. The third-order valence-electron chi connectivity index (χ3n) is 5.14. The summed E-state index contributed by atoms with van der Waals surface area (Å²) in [6, 6.07) is 2.27. The van der Waals surface area contributed by atoms with E-state index in [1.54, 1.807) is 26.0 Å². The summed E-state index contributed by atoms with van der Waals surface area (Å²) in [5.74, 6) is -0.413. The van der Waals surface area contributed by atoms with E-state index < -0.39 is 18.0 Å². The van der Waals surface area contributed by atoms with E-state index in [-0.39, 0.29) is 18.5 Å². The molecule has 0 aromatic carbocycles. The second kappa shape index (κ2) is 9.60. The number of piperidine rings is 1. The Hall–Kier alpha value is -2.81. The third kappa shape index (κ3) is 4.97. The molecule has 158 valence electrons. The zero-order chi connectivity index (χ0) is 20.8. The highest BCUT2D eigenvalue weighted by molar-refractivity contribution is 5.95. The van der Waals surface area contributed by atoms with Gasteiger partial charge >= 0.3 is 18.0 Å². The first-order valence-electron chi connectivity index (χ1n) is 10.0. The molecule has 0 bridgehead atoms. The number of nitrogens with one attached hydrogen (secondary N) is 3. The minimum absolute atomic E-state index is 0.177. The number of carbonyl (C=O) groups excluding carboxylic acids is 3. The third-order valence-corrected chi connectivity index (χ3v) is 5.14. The molecule has 0 saturated carbocycles. The van der Waals surface area contributed by atoms with E-state index in [0.717, 1.165) is 24.3 Å². The highest BCUT2D eigenvalue weighted by Gasteiger charge is 2.38. The first-order chi connectivity index (χ1) is 14.0. The number of likely N-dealkylation sites (tertiary alicyclic amines) is 1. The van der Waals surface area contributed by atoms with E-state index in [4.69, 9.17) is 13.9 Å². The van der Waals surface area contributed by atoms with E-state index >= 15 is 0 Å². The molecule has 1 fully saturated rings. The van der Waals surface area contributed by atoms with E-state index in [2.05, 4.69) is 10.6 Å². The van der Waals surface area contributed by atoms with Gasteiger partial charge in [0.05, 0.1) is 43.8 Å². The maximum absolute atomic E-state index is 12.7. The van der Waals surface area contributed by atoms with Gasteiger partial charge in [-0.15, -0.1) is 0 Å². The summed E-state index contributed by atoms with van der Waals surface area (Å²) in [5.41, 5.74) is 0.820. The highest BCUT2D eigenvalue weighted by atomic mass is 16.5. The largest absolute Gasteiger partial charge is 0.467 e. The summed E-state index contributed by atoms with van der Waals surface area (Å²) in [5, 5.41) is 5.50. The summed E-state index contributed by atoms with van der Waals surface area (Å²) in [4.78, 5) is 38.2. The van der Waals surface area contributed by atoms with Crippen LogP contribution in [0.3, 0.4) is 0 Å². The number of furan rings is 1. The van der Waals surface area contributed by atoms with Crippen LogP contribution in [0, 0.1) is 5.92 Å². The Labute approximate surface area is 169 Å². The second-order valence-electron chi connectivity index (χ2n) is 7.13. The molecule has 1 aromatic heterocycles. The van der Waals surface area contributed by atoms with Crippen molar-refractivity contribution < 1.29 is 33.2 Å². The Kier molecular flexibility index (Phi) is 6.92. The van der Waals surface area contributed by atoms with Crippen molar-refractivity contribution in [2.24, 2.45) is 5.92 Å². The number of quaternary nitrogens is 1. The Morgan fingerprint density at radius 1 is 1.28 bits per heavy atom. The number of amides is 2. The number of esters is 2. The molecule has 3 rings (SSSR count). The summed E-state index contributed by atoms with van der Waals surface area (Å²) < 4.78 is 15.8. The van der Waals surface area contributed by atoms with Gasteiger partial charge in [-0.2, -0.15) is 0 Å². The van der Waals surface area contributed by atoms with Gasteiger partial charge in [0.25, 0.3) is 0 Å². The summed E-state index contributed by atoms with van der Waals surface area (Å²) in [6.45, 7) is 5.92. The Bertz CT molecular complexity index is 773. The van der Waals surface area contributed by atoms with Gasteiger partial charge in [0, 0.05) is 0 Å². The molecule has 1 saturated heterocycles. The maximum atomic E-state index is 12.7. The molecule has 1 unspecified atom stereocenters. The van der Waals surface area contributed by atoms with Gasteiger partial charge in [-0.3, -0.25) is 4.79 Å². The normalized spacial score (nSPS) is 24.5. The van der Waals surface area contributed by atoms with Crippen molar-refractivity contribution in [3.8, 4) is 0 Å². The molecule has 9 nitrogen and oxygen atoms in total. The maximum Gasteiger partial charge on any atom is 0.338 e. The van der Waals surface area contributed by atoms with Gasteiger partial charge in [-0.05, 0) is 38.8 Å². The molecule has 3 N–H and O–H groups in total. The first kappa shape index (κ1) is 20.9. The number of hydrogen-bond acceptors (Lipinski definition) is 6. The number of rotatable bonds is 7. The SMILES string of the molecule is CCOC(=O)C1=C(C[NH+]2CCC[C@H](C(=O)OCC)C2)NC(=O)N[C@H]1c1ccco1. The van der Waals surface area contributed by atoms with Gasteiger partial charge in [0.15, 0.2) is 0 Å². The molecule has 9 heteroatoms. The van der Waals surface area contributed by atoms with Gasteiger partial charge in [0.1, 0.15) is 24.3 Å². The van der Waals surface area contributed by atoms with Crippen LogP contribution in [0.5, 0.6) is 0 Å². The van der Waals surface area contributed by atoms with Gasteiger partial charge in [-0.1, -0.05) is 0 Å². The zero-order valence-corrected chi connectivity index (χ0v) is 16.8. The highest BCUT2D eigenvalue weighted by Crippen LogP contribution is 2.27. The number of urea groups is 1. The lowest BCUT2D eigenvalue weighted by atomic mass is 9.96. The molecule has 3 heterocycles. The number of carbonyl (C=O) groups is 3. The van der Waals surface area contributed by atoms with Crippen LogP contribution in [0.2, 0.25) is 0 Å². The van der Waals surface area contributed by atoms with Crippen LogP contribution in [0.4, 0.5) is 4.79 Å². The molecule has 0 spiro atoms. The molecule has 1 aromatic rings. The Balaban J connectivity index is 1.86. The van der Waals surface area contributed by atoms with Crippen LogP contribution in [-0.2, 0) is 19.1 Å². The van der Waals surface area contributed by atoms with E-state index in [1.807, 2.05) is 0 Å². The average molecular weight is 406 g/mol. The quantitative estimate of drug-likeness (QED) is 0.562. The topological polar surface area (TPSA) is 111 Å². The van der Waals surface area contributed by atoms with Crippen LogP contribution < -0.4 is 15.5 Å². The molecule has 0 radical (unpaired) electrons. The molecule has 2 aliphatic heterocycles. The van der Waals surface area contributed by atoms with Crippen molar-refractivity contribution in [3.05, 3.63) is 35.4 Å². The van der Waals surface area contributed by atoms with Crippen LogP contribution in [0.25, 0.3) is 0 Å². The monoisotopic (exact) mass is 406 g/mol. The van der Waals surface area contributed by atoms with Crippen LogP contribution in [-0.4, -0.2) is 50.8 Å². The van der Waals surface area contributed by atoms with Gasteiger partial charge in [0.2, 0.25) is 0 Å². The van der Waals surface area contributed by atoms with E-state index in [0.29, 0.717) is 36.7 Å². The van der Waals surface area contributed by atoms with Crippen molar-refractivity contribution in [2.75, 3.05) is 32.8 Å². The fraction of sp³-hybridized carbons (Fsp3) is 0.550. The van der Waals surface area contributed by atoms with Crippen molar-refractivity contribution in [1.82, 2.24) is 10.6 Å². The number of hydrogen-bond donors (Lipinski definition) is 3. The Morgan fingerprint density at radius 2 is 2.07 bits per heavy atom. The molecule has 0 aliphatic carbocycles. The van der Waals surface area contributed by atoms with Crippen LogP contribution in [0.15, 0.2) is 34.1 Å². The second-order valence-corrected chi connectivity index (χ2v) is 7.13. The average Bonchev–Trinajstić information content (AvgIpc) is 3.23. The molecule has 3 atom stereocenters. The molecule has 2 amide bonds. The Morgan fingerprint density at radius 3 is 2.76 bits per heavy atom. The lowest BCUT2D eigenvalue weighted by Gasteiger charge is -2.32. The summed E-state index contributed by atoms with van der Waals surface area (Å²) in [6.07, 6.45) is 3.15. The van der Waals surface area contributed by atoms with Gasteiger partial charge in [-0.25, -0.2) is 9.59 Å². The van der Waals surface area contributed by atoms with E-state index in [9.17, 15) is 14.4 Å². The zero-order valence-electron chi connectivity index (χ0n) is 16.8. The minimum atomic E-state index is -0.724. The van der Waals surface area contributed by atoms with Crippen LogP contribution in [0.1, 0.15) is 38.5 Å². The number of ether oxygens (including phenoxy) is 2. The van der Waals surface area contributed by atoms with E-state index in [1.165, 1.54) is 6.26 Å². The summed E-state index contributed by atoms with van der Waals surface area (Å²) >= 11 is 0. The van der Waals surface area contributed by atoms with Crippen molar-refractivity contribution in [2.45, 2.75) is 32.7 Å². The smallest absolute Gasteiger partial charge is 0.338 e.